The van der Waals surface area contributed by atoms with Crippen LogP contribution in [0.1, 0.15) is 5.82 Å². The molecule has 0 bridgehead atoms. The fraction of sp³-hybridized carbons (Fsp3) is 0.100. The molecular weight excluding hydrogens is 244 g/mol. The lowest BCUT2D eigenvalue weighted by atomic mass is 10.4. The summed E-state index contributed by atoms with van der Waals surface area (Å²) >= 11 is 7.41. The van der Waals surface area contributed by atoms with Crippen LogP contribution in [0.4, 0.5) is 5.95 Å². The molecule has 4 nitrogen and oxygen atoms in total. The summed E-state index contributed by atoms with van der Waals surface area (Å²) in [4.78, 5) is 12.9. The molecule has 16 heavy (non-hydrogen) atoms. The molecule has 82 valence electrons. The number of rotatable bonds is 3. The van der Waals surface area contributed by atoms with E-state index >= 15 is 0 Å². The minimum atomic E-state index is 0.252. The average Bonchev–Trinajstić information content (AvgIpc) is 2.28. The highest BCUT2D eigenvalue weighted by Gasteiger charge is 2.00. The van der Waals surface area contributed by atoms with Gasteiger partial charge in [-0.1, -0.05) is 11.6 Å². The van der Waals surface area contributed by atoms with Crippen LogP contribution in [0.5, 0.6) is 0 Å². The minimum Gasteiger partial charge on any atom is -0.368 e. The maximum atomic E-state index is 5.79. The molecule has 0 saturated carbocycles. The Labute approximate surface area is 102 Å². The van der Waals surface area contributed by atoms with E-state index in [9.17, 15) is 0 Å². The number of hydrogen-bond donors (Lipinski definition) is 1. The van der Waals surface area contributed by atoms with E-state index in [0.717, 1.165) is 9.92 Å². The number of nitrogens with zero attached hydrogens (tertiary/aromatic N) is 3. The molecule has 0 spiro atoms. The highest BCUT2D eigenvalue weighted by atomic mass is 35.5. The van der Waals surface area contributed by atoms with E-state index in [1.165, 1.54) is 6.33 Å². The Morgan fingerprint density at radius 2 is 1.94 bits per heavy atom. The number of aromatic nitrogens is 3. The van der Waals surface area contributed by atoms with Gasteiger partial charge in [0.05, 0.1) is 5.75 Å². The highest BCUT2D eigenvalue weighted by Crippen LogP contribution is 2.22. The first-order chi connectivity index (χ1) is 7.74. The molecule has 6 heteroatoms. The van der Waals surface area contributed by atoms with Gasteiger partial charge in [0.25, 0.3) is 0 Å². The van der Waals surface area contributed by atoms with E-state index in [-0.39, 0.29) is 5.95 Å². The van der Waals surface area contributed by atoms with Gasteiger partial charge in [-0.05, 0) is 24.3 Å². The summed E-state index contributed by atoms with van der Waals surface area (Å²) in [6, 6.07) is 7.62. The van der Waals surface area contributed by atoms with Crippen molar-refractivity contribution >= 4 is 29.3 Å². The van der Waals surface area contributed by atoms with E-state index in [4.69, 9.17) is 17.3 Å². The normalized spacial score (nSPS) is 10.3. The third-order valence-corrected chi connectivity index (χ3v) is 3.08. The molecule has 0 amide bonds. The fourth-order valence-electron chi connectivity index (χ4n) is 1.09. The number of nitrogen functional groups attached to an aromatic ring is 1. The lowest BCUT2D eigenvalue weighted by Gasteiger charge is -2.01. The first kappa shape index (κ1) is 11.2. The maximum absolute atomic E-state index is 5.79. The van der Waals surface area contributed by atoms with Gasteiger partial charge in [0, 0.05) is 9.92 Å². The quantitative estimate of drug-likeness (QED) is 0.850. The van der Waals surface area contributed by atoms with E-state index in [1.54, 1.807) is 11.8 Å². The molecule has 2 aromatic rings. The average molecular weight is 253 g/mol. The van der Waals surface area contributed by atoms with Crippen LogP contribution in [0.3, 0.4) is 0 Å². The monoisotopic (exact) mass is 252 g/mol. The van der Waals surface area contributed by atoms with Crippen molar-refractivity contribution in [3.63, 3.8) is 0 Å². The van der Waals surface area contributed by atoms with E-state index < -0.39 is 0 Å². The van der Waals surface area contributed by atoms with Gasteiger partial charge >= 0.3 is 0 Å². The van der Waals surface area contributed by atoms with Gasteiger partial charge < -0.3 is 5.73 Å². The molecule has 1 aromatic heterocycles. The van der Waals surface area contributed by atoms with Crippen molar-refractivity contribution < 1.29 is 0 Å². The lowest BCUT2D eigenvalue weighted by molar-refractivity contribution is 0.974. The minimum absolute atomic E-state index is 0.252. The standard InChI is InChI=1S/C10H9ClN4S/c11-7-1-3-8(4-2-7)16-5-9-13-6-14-10(12)15-9/h1-4,6H,5H2,(H2,12,13,14,15). The molecule has 0 fully saturated rings. The van der Waals surface area contributed by atoms with Crippen molar-refractivity contribution in [2.45, 2.75) is 10.6 Å². The lowest BCUT2D eigenvalue weighted by Crippen LogP contribution is -2.00. The van der Waals surface area contributed by atoms with Crippen molar-refractivity contribution in [3.8, 4) is 0 Å². The number of thioether (sulfide) groups is 1. The topological polar surface area (TPSA) is 64.7 Å². The Kier molecular flexibility index (Phi) is 3.58. The molecule has 0 radical (unpaired) electrons. The second-order valence-electron chi connectivity index (χ2n) is 3.00. The summed E-state index contributed by atoms with van der Waals surface area (Å²) in [6.45, 7) is 0. The molecule has 0 aliphatic carbocycles. The summed E-state index contributed by atoms with van der Waals surface area (Å²) in [7, 11) is 0. The molecule has 0 aliphatic rings. The van der Waals surface area contributed by atoms with E-state index in [1.807, 2.05) is 24.3 Å². The van der Waals surface area contributed by atoms with Crippen molar-refractivity contribution in [1.82, 2.24) is 15.0 Å². The number of hydrogen-bond acceptors (Lipinski definition) is 5. The Bertz CT molecular complexity index is 475. The summed E-state index contributed by atoms with van der Waals surface area (Å²) < 4.78 is 0. The molecular formula is C10H9ClN4S. The summed E-state index contributed by atoms with van der Waals surface area (Å²) in [5.41, 5.74) is 5.46. The third kappa shape index (κ3) is 3.08. The summed E-state index contributed by atoms with van der Waals surface area (Å²) in [5.74, 6) is 1.59. The van der Waals surface area contributed by atoms with Crippen LogP contribution >= 0.6 is 23.4 Å². The van der Waals surface area contributed by atoms with Crippen molar-refractivity contribution in [2.24, 2.45) is 0 Å². The maximum Gasteiger partial charge on any atom is 0.223 e. The first-order valence-corrected chi connectivity index (χ1v) is 5.92. The van der Waals surface area contributed by atoms with E-state index in [2.05, 4.69) is 15.0 Å². The fourth-order valence-corrected chi connectivity index (χ4v) is 1.98. The van der Waals surface area contributed by atoms with Gasteiger partial charge in [-0.2, -0.15) is 4.98 Å². The zero-order chi connectivity index (χ0) is 11.4. The number of benzene rings is 1. The van der Waals surface area contributed by atoms with Crippen LogP contribution < -0.4 is 5.73 Å². The second kappa shape index (κ2) is 5.14. The van der Waals surface area contributed by atoms with Gasteiger partial charge in [0.15, 0.2) is 0 Å². The largest absolute Gasteiger partial charge is 0.368 e. The molecule has 0 aliphatic heterocycles. The van der Waals surface area contributed by atoms with Crippen LogP contribution in [-0.4, -0.2) is 15.0 Å². The van der Waals surface area contributed by atoms with Gasteiger partial charge in [0.1, 0.15) is 12.2 Å². The van der Waals surface area contributed by atoms with Crippen molar-refractivity contribution in [3.05, 3.63) is 41.4 Å². The number of halogens is 1. The molecule has 1 heterocycles. The van der Waals surface area contributed by atoms with Crippen molar-refractivity contribution in [2.75, 3.05) is 5.73 Å². The first-order valence-electron chi connectivity index (χ1n) is 4.56. The third-order valence-electron chi connectivity index (χ3n) is 1.82. The summed E-state index contributed by atoms with van der Waals surface area (Å²) in [6.07, 6.45) is 1.42. The molecule has 0 unspecified atom stereocenters. The van der Waals surface area contributed by atoms with Gasteiger partial charge in [-0.15, -0.1) is 11.8 Å². The Balaban J connectivity index is 1.99. The van der Waals surface area contributed by atoms with Gasteiger partial charge in [0.2, 0.25) is 5.95 Å². The van der Waals surface area contributed by atoms with Gasteiger partial charge in [-0.25, -0.2) is 9.97 Å². The Morgan fingerprint density at radius 1 is 1.19 bits per heavy atom. The highest BCUT2D eigenvalue weighted by molar-refractivity contribution is 7.98. The second-order valence-corrected chi connectivity index (χ2v) is 4.49. The van der Waals surface area contributed by atoms with Gasteiger partial charge in [-0.3, -0.25) is 0 Å². The molecule has 0 atom stereocenters. The molecule has 1 aromatic carbocycles. The van der Waals surface area contributed by atoms with Crippen LogP contribution in [-0.2, 0) is 5.75 Å². The number of nitrogens with two attached hydrogens (primary N) is 1. The summed E-state index contributed by atoms with van der Waals surface area (Å²) in [5, 5.41) is 0.730. The predicted octanol–water partition coefficient (Wildman–Crippen LogP) is 2.40. The Morgan fingerprint density at radius 3 is 2.62 bits per heavy atom. The molecule has 2 rings (SSSR count). The zero-order valence-corrected chi connectivity index (χ0v) is 9.87. The van der Waals surface area contributed by atoms with Crippen LogP contribution in [0.2, 0.25) is 5.02 Å². The Hall–Kier alpha value is -1.33. The number of anilines is 1. The SMILES string of the molecule is Nc1ncnc(CSc2ccc(Cl)cc2)n1. The smallest absolute Gasteiger partial charge is 0.223 e. The van der Waals surface area contributed by atoms with Crippen molar-refractivity contribution in [1.29, 1.82) is 0 Å². The zero-order valence-electron chi connectivity index (χ0n) is 8.30. The van der Waals surface area contributed by atoms with Crippen LogP contribution in [0.25, 0.3) is 0 Å². The van der Waals surface area contributed by atoms with E-state index in [0.29, 0.717) is 11.6 Å². The van der Waals surface area contributed by atoms with Crippen LogP contribution in [0.15, 0.2) is 35.5 Å². The molecule has 0 saturated heterocycles. The molecule has 2 N–H and O–H groups in total. The predicted molar refractivity (Wildman–Crippen MR) is 65.3 cm³/mol. The van der Waals surface area contributed by atoms with Crippen LogP contribution in [0, 0.1) is 0 Å².